The van der Waals surface area contributed by atoms with Gasteiger partial charge in [-0.1, -0.05) is 56.5 Å². The Morgan fingerprint density at radius 1 is 1.09 bits per heavy atom. The molecule has 2 aromatic rings. The second-order valence-electron chi connectivity index (χ2n) is 8.42. The Balaban J connectivity index is 1.70. The molecule has 1 unspecified atom stereocenters. The molecule has 3 rings (SSSR count). The van der Waals surface area contributed by atoms with Crippen molar-refractivity contribution >= 4 is 11.8 Å². The molecule has 172 valence electrons. The van der Waals surface area contributed by atoms with E-state index in [1.54, 1.807) is 25.1 Å². The molecular weight excluding hydrogens is 407 g/mol. The third kappa shape index (κ3) is 6.55. The Labute approximate surface area is 190 Å². The summed E-state index contributed by atoms with van der Waals surface area (Å²) in [7, 11) is 0. The maximum atomic E-state index is 14.3. The Morgan fingerprint density at radius 2 is 1.78 bits per heavy atom. The number of amides is 2. The first-order valence-corrected chi connectivity index (χ1v) is 11.5. The van der Waals surface area contributed by atoms with E-state index in [1.165, 1.54) is 23.0 Å². The maximum absolute atomic E-state index is 14.3. The van der Waals surface area contributed by atoms with Gasteiger partial charge in [-0.3, -0.25) is 9.59 Å². The molecule has 2 amide bonds. The van der Waals surface area contributed by atoms with Crippen LogP contribution in [0.3, 0.4) is 0 Å². The molecule has 0 aromatic heterocycles. The Bertz CT molecular complexity index is 894. The first-order chi connectivity index (χ1) is 15.5. The van der Waals surface area contributed by atoms with Gasteiger partial charge in [-0.05, 0) is 49.9 Å². The molecule has 1 N–H and O–H groups in total. The summed E-state index contributed by atoms with van der Waals surface area (Å²) in [5, 5.41) is 3.07. The molecule has 0 aliphatic heterocycles. The summed E-state index contributed by atoms with van der Waals surface area (Å²) in [6.45, 7) is 3.54. The zero-order chi connectivity index (χ0) is 22.9. The van der Waals surface area contributed by atoms with Gasteiger partial charge in [0, 0.05) is 18.2 Å². The van der Waals surface area contributed by atoms with Crippen molar-refractivity contribution in [2.75, 3.05) is 6.61 Å². The average Bonchev–Trinajstić information content (AvgIpc) is 2.82. The minimum absolute atomic E-state index is 0.00287. The quantitative estimate of drug-likeness (QED) is 0.618. The number of benzene rings is 2. The van der Waals surface area contributed by atoms with E-state index >= 15 is 0 Å². The van der Waals surface area contributed by atoms with Crippen LogP contribution in [0, 0.1) is 5.82 Å². The first kappa shape index (κ1) is 23.8. The van der Waals surface area contributed by atoms with E-state index in [2.05, 4.69) is 12.2 Å². The molecule has 1 atom stereocenters. The van der Waals surface area contributed by atoms with Gasteiger partial charge in [0.15, 0.2) is 6.61 Å². The highest BCUT2D eigenvalue weighted by Crippen LogP contribution is 2.19. The maximum Gasteiger partial charge on any atom is 0.261 e. The smallest absolute Gasteiger partial charge is 0.261 e. The van der Waals surface area contributed by atoms with Gasteiger partial charge < -0.3 is 15.0 Å². The summed E-state index contributed by atoms with van der Waals surface area (Å²) in [6, 6.07) is 13.3. The van der Waals surface area contributed by atoms with E-state index in [-0.39, 0.29) is 31.0 Å². The number of carbonyl (C=O) groups is 2. The van der Waals surface area contributed by atoms with Crippen LogP contribution in [0.2, 0.25) is 0 Å². The number of hydrogen-bond acceptors (Lipinski definition) is 3. The number of rotatable bonds is 9. The van der Waals surface area contributed by atoms with Crippen molar-refractivity contribution in [1.82, 2.24) is 10.2 Å². The van der Waals surface area contributed by atoms with Gasteiger partial charge in [0.05, 0.1) is 0 Å². The van der Waals surface area contributed by atoms with Gasteiger partial charge in [-0.15, -0.1) is 0 Å². The molecule has 0 heterocycles. The summed E-state index contributed by atoms with van der Waals surface area (Å²) >= 11 is 0. The van der Waals surface area contributed by atoms with Crippen molar-refractivity contribution < 1.29 is 18.7 Å². The van der Waals surface area contributed by atoms with Gasteiger partial charge in [0.25, 0.3) is 5.91 Å². The normalized spacial score (nSPS) is 15.1. The number of aryl methyl sites for hydroxylation is 1. The van der Waals surface area contributed by atoms with Crippen LogP contribution < -0.4 is 10.1 Å². The van der Waals surface area contributed by atoms with Crippen LogP contribution in [0.1, 0.15) is 57.1 Å². The highest BCUT2D eigenvalue weighted by molar-refractivity contribution is 5.88. The van der Waals surface area contributed by atoms with Crippen LogP contribution in [-0.4, -0.2) is 35.4 Å². The molecule has 6 heteroatoms. The summed E-state index contributed by atoms with van der Waals surface area (Å²) in [5.41, 5.74) is 1.54. The van der Waals surface area contributed by atoms with E-state index in [1.807, 2.05) is 24.3 Å². The van der Waals surface area contributed by atoms with Crippen molar-refractivity contribution in [1.29, 1.82) is 0 Å². The third-order valence-corrected chi connectivity index (χ3v) is 6.11. The summed E-state index contributed by atoms with van der Waals surface area (Å²) < 4.78 is 20.0. The molecule has 32 heavy (non-hydrogen) atoms. The van der Waals surface area contributed by atoms with Crippen LogP contribution in [0.5, 0.6) is 5.75 Å². The molecule has 1 aliphatic carbocycles. The lowest BCUT2D eigenvalue weighted by Gasteiger charge is -2.31. The van der Waals surface area contributed by atoms with E-state index in [0.717, 1.165) is 32.1 Å². The second-order valence-corrected chi connectivity index (χ2v) is 8.42. The lowest BCUT2D eigenvalue weighted by atomic mass is 9.95. The van der Waals surface area contributed by atoms with Crippen LogP contribution in [0.4, 0.5) is 4.39 Å². The number of nitrogens with one attached hydrogen (secondary N) is 1. The number of nitrogens with zero attached hydrogens (tertiary/aromatic N) is 1. The van der Waals surface area contributed by atoms with E-state index in [4.69, 9.17) is 4.74 Å². The van der Waals surface area contributed by atoms with Gasteiger partial charge in [-0.2, -0.15) is 0 Å². The predicted octanol–water partition coefficient (Wildman–Crippen LogP) is 4.63. The Kier molecular flexibility index (Phi) is 8.65. The van der Waals surface area contributed by atoms with E-state index in [9.17, 15) is 14.0 Å². The molecule has 5 nitrogen and oxygen atoms in total. The molecule has 0 spiro atoms. The van der Waals surface area contributed by atoms with Crippen LogP contribution in [0.15, 0.2) is 48.5 Å². The number of ether oxygens (including phenoxy) is 1. The second kappa shape index (κ2) is 11.7. The number of halogens is 1. The highest BCUT2D eigenvalue weighted by Gasteiger charge is 2.29. The minimum Gasteiger partial charge on any atom is -0.484 e. The third-order valence-electron chi connectivity index (χ3n) is 6.11. The van der Waals surface area contributed by atoms with Crippen LogP contribution >= 0.6 is 0 Å². The van der Waals surface area contributed by atoms with Gasteiger partial charge in [-0.25, -0.2) is 4.39 Å². The molecule has 1 fully saturated rings. The number of hydrogen-bond donors (Lipinski definition) is 1. The Hall–Kier alpha value is -2.89. The van der Waals surface area contributed by atoms with Gasteiger partial charge >= 0.3 is 0 Å². The topological polar surface area (TPSA) is 58.6 Å². The van der Waals surface area contributed by atoms with Crippen molar-refractivity contribution in [2.45, 2.75) is 71.0 Å². The fourth-order valence-electron chi connectivity index (χ4n) is 4.01. The predicted molar refractivity (Wildman–Crippen MR) is 123 cm³/mol. The van der Waals surface area contributed by atoms with E-state index < -0.39 is 11.9 Å². The van der Waals surface area contributed by atoms with Crippen molar-refractivity contribution in [2.24, 2.45) is 0 Å². The largest absolute Gasteiger partial charge is 0.484 e. The molecule has 2 aromatic carbocycles. The molecule has 1 aliphatic rings. The van der Waals surface area contributed by atoms with Crippen LogP contribution in [0.25, 0.3) is 0 Å². The highest BCUT2D eigenvalue weighted by atomic mass is 19.1. The van der Waals surface area contributed by atoms with Crippen LogP contribution in [-0.2, 0) is 22.6 Å². The van der Waals surface area contributed by atoms with Gasteiger partial charge in [0.2, 0.25) is 5.91 Å². The fourth-order valence-corrected chi connectivity index (χ4v) is 4.01. The monoisotopic (exact) mass is 440 g/mol. The molecule has 0 radical (unpaired) electrons. The first-order valence-electron chi connectivity index (χ1n) is 11.5. The molecule has 0 bridgehead atoms. The lowest BCUT2D eigenvalue weighted by molar-refractivity contribution is -0.142. The fraction of sp³-hybridized carbons (Fsp3) is 0.462. The summed E-state index contributed by atoms with van der Waals surface area (Å²) in [6.07, 6.45) is 6.22. The number of carbonyl (C=O) groups excluding carboxylic acids is 2. The van der Waals surface area contributed by atoms with E-state index in [0.29, 0.717) is 11.3 Å². The molecule has 0 saturated heterocycles. The summed E-state index contributed by atoms with van der Waals surface area (Å²) in [4.78, 5) is 27.4. The lowest BCUT2D eigenvalue weighted by Crippen LogP contribution is -2.51. The minimum atomic E-state index is -0.741. The van der Waals surface area contributed by atoms with Crippen molar-refractivity contribution in [3.63, 3.8) is 0 Å². The Morgan fingerprint density at radius 3 is 2.44 bits per heavy atom. The SMILES string of the molecule is CCc1ccc(OCC(=O)N(Cc2ccccc2F)C(C)C(=O)NC2CCCCC2)cc1. The van der Waals surface area contributed by atoms with Crippen molar-refractivity contribution in [3.05, 3.63) is 65.5 Å². The average molecular weight is 441 g/mol. The standard InChI is InChI=1S/C26H33FN2O3/c1-3-20-13-15-23(16-14-20)32-18-25(30)29(17-21-9-7-8-12-24(21)27)19(2)26(31)28-22-10-5-4-6-11-22/h7-9,12-16,19,22H,3-6,10-11,17-18H2,1-2H3,(H,28,31). The zero-order valence-corrected chi connectivity index (χ0v) is 19.0. The summed E-state index contributed by atoms with van der Waals surface area (Å²) in [5.74, 6) is -0.394. The van der Waals surface area contributed by atoms with Crippen molar-refractivity contribution in [3.8, 4) is 5.75 Å². The van der Waals surface area contributed by atoms with Gasteiger partial charge in [0.1, 0.15) is 17.6 Å². The molecule has 1 saturated carbocycles. The molecular formula is C26H33FN2O3. The zero-order valence-electron chi connectivity index (χ0n) is 19.0.